The number of carbonyl (C=O) groups is 6. The van der Waals surface area contributed by atoms with Crippen LogP contribution in [0, 0.1) is 11.8 Å². The molecule has 2 fully saturated rings. The van der Waals surface area contributed by atoms with Gasteiger partial charge in [-0.05, 0) is 55.2 Å². The number of likely N-dealkylation sites (tertiary alicyclic amines) is 2. The van der Waals surface area contributed by atoms with Crippen molar-refractivity contribution < 1.29 is 48.1 Å². The lowest BCUT2D eigenvalue weighted by Gasteiger charge is -2.30. The van der Waals surface area contributed by atoms with Crippen molar-refractivity contribution in [1.82, 2.24) is 30.2 Å². The number of ether oxygens (including phenoxy) is 3. The number of benzene rings is 3. The van der Waals surface area contributed by atoms with E-state index in [2.05, 4.69) is 31.0 Å². The molecule has 0 spiro atoms. The Bertz CT molecular complexity index is 2420. The summed E-state index contributed by atoms with van der Waals surface area (Å²) in [6.07, 6.45) is 2.84. The summed E-state index contributed by atoms with van der Waals surface area (Å²) < 4.78 is 16.8. The van der Waals surface area contributed by atoms with Gasteiger partial charge in [-0.25, -0.2) is 9.59 Å². The molecule has 18 nitrogen and oxygen atoms in total. The average Bonchev–Trinajstić information content (AvgIpc) is 4.01. The third-order valence-electron chi connectivity index (χ3n) is 11.6. The number of nitrogens with zero attached hydrogens (tertiary/aromatic N) is 6. The molecule has 20 heteroatoms. The zero-order valence-corrected chi connectivity index (χ0v) is 38.3. The van der Waals surface area contributed by atoms with Crippen molar-refractivity contribution in [3.63, 3.8) is 0 Å². The lowest BCUT2D eigenvalue weighted by atomic mass is 9.96. The lowest BCUT2D eigenvalue weighted by Crippen LogP contribution is -2.41. The maximum Gasteiger partial charge on any atom is 0.410 e. The van der Waals surface area contributed by atoms with Crippen molar-refractivity contribution in [2.45, 2.75) is 69.8 Å². The summed E-state index contributed by atoms with van der Waals surface area (Å²) in [6, 6.07) is 27.5. The van der Waals surface area contributed by atoms with Crippen molar-refractivity contribution in [3.8, 4) is 0 Å². The molecular weight excluding hydrogens is 901 g/mol. The molecule has 4 heterocycles. The van der Waals surface area contributed by atoms with Gasteiger partial charge in [0.15, 0.2) is 0 Å². The van der Waals surface area contributed by atoms with E-state index < -0.39 is 53.7 Å². The van der Waals surface area contributed by atoms with E-state index in [9.17, 15) is 33.9 Å². The van der Waals surface area contributed by atoms with Gasteiger partial charge < -0.3 is 29.1 Å². The maximum atomic E-state index is 13.6. The second-order valence-electron chi connectivity index (χ2n) is 16.2. The molecule has 2 saturated heterocycles. The number of aryl methyl sites for hydroxylation is 2. The topological polar surface area (TPSA) is 232 Å². The first-order valence-corrected chi connectivity index (χ1v) is 23.9. The van der Waals surface area contributed by atoms with Gasteiger partial charge in [0.25, 0.3) is 0 Å². The van der Waals surface area contributed by atoms with Crippen molar-refractivity contribution in [1.29, 1.82) is 0 Å². The number of rotatable bonds is 19. The number of aromatic nitrogens is 4. The van der Waals surface area contributed by atoms with Crippen LogP contribution in [-0.4, -0.2) is 111 Å². The number of piperidine rings is 2. The van der Waals surface area contributed by atoms with E-state index in [4.69, 9.17) is 14.2 Å². The summed E-state index contributed by atoms with van der Waals surface area (Å²) in [5.74, 6) is -4.10. The quantitative estimate of drug-likeness (QED) is 0.0433. The molecule has 0 radical (unpaired) electrons. The normalized spacial score (nSPS) is 15.2. The summed E-state index contributed by atoms with van der Waals surface area (Å²) in [5.41, 5.74) is 2.24. The minimum absolute atomic E-state index is 0.169. The van der Waals surface area contributed by atoms with Crippen LogP contribution < -0.4 is 10.6 Å². The second kappa shape index (κ2) is 24.1. The fraction of sp³-hybridized carbons (Fsp3) is 0.404. The summed E-state index contributed by atoms with van der Waals surface area (Å²) >= 11 is 2.53. The third-order valence-corrected chi connectivity index (χ3v) is 13.4. The summed E-state index contributed by atoms with van der Waals surface area (Å²) in [5, 5.41) is 33.9. The minimum atomic E-state index is -1.01. The highest BCUT2D eigenvalue weighted by atomic mass is 32.1. The first-order chi connectivity index (χ1) is 32.6. The van der Waals surface area contributed by atoms with Crippen molar-refractivity contribution in [3.05, 3.63) is 118 Å². The molecule has 7 rings (SSSR count). The summed E-state index contributed by atoms with van der Waals surface area (Å²) in [7, 11) is 0. The van der Waals surface area contributed by atoms with Gasteiger partial charge in [-0.3, -0.25) is 29.8 Å². The van der Waals surface area contributed by atoms with Crippen LogP contribution >= 0.6 is 22.7 Å². The van der Waals surface area contributed by atoms with Gasteiger partial charge >= 0.3 is 24.1 Å². The zero-order valence-electron chi connectivity index (χ0n) is 36.7. The van der Waals surface area contributed by atoms with E-state index in [1.165, 1.54) is 27.6 Å². The monoisotopic (exact) mass is 952 g/mol. The minimum Gasteiger partial charge on any atom is -0.465 e. The highest BCUT2D eigenvalue weighted by Crippen LogP contribution is 2.27. The molecule has 0 bridgehead atoms. The van der Waals surface area contributed by atoms with Gasteiger partial charge in [-0.15, -0.1) is 20.4 Å². The number of carboxylic acid groups (broad SMARTS) is 1. The molecule has 5 aromatic rings. The van der Waals surface area contributed by atoms with Gasteiger partial charge in [0, 0.05) is 39.0 Å². The Morgan fingerprint density at radius 2 is 1.00 bits per heavy atom. The van der Waals surface area contributed by atoms with Crippen LogP contribution in [-0.2, 0) is 52.8 Å². The van der Waals surface area contributed by atoms with E-state index in [-0.39, 0.29) is 38.8 Å². The molecule has 3 aromatic carbocycles. The van der Waals surface area contributed by atoms with Crippen LogP contribution in [0.2, 0.25) is 0 Å². The predicted molar refractivity (Wildman–Crippen MR) is 247 cm³/mol. The summed E-state index contributed by atoms with van der Waals surface area (Å²) in [4.78, 5) is 79.9. The smallest absolute Gasteiger partial charge is 0.410 e. The van der Waals surface area contributed by atoms with E-state index in [0.717, 1.165) is 28.4 Å². The number of unbranched alkanes of at least 4 members (excludes halogenated alkanes) is 1. The molecular formula is C47H52N8O10S2. The predicted octanol–water partition coefficient (Wildman–Crippen LogP) is 6.92. The van der Waals surface area contributed by atoms with Crippen LogP contribution in [0.1, 0.15) is 77.1 Å². The van der Waals surface area contributed by atoms with E-state index in [0.29, 0.717) is 73.0 Å². The summed E-state index contributed by atoms with van der Waals surface area (Å²) in [6.45, 7) is 1.05. The highest BCUT2D eigenvalue weighted by Gasteiger charge is 2.33. The molecule has 2 aliphatic rings. The van der Waals surface area contributed by atoms with Crippen LogP contribution in [0.4, 0.5) is 19.9 Å². The molecule has 2 aliphatic heterocycles. The highest BCUT2D eigenvalue weighted by molar-refractivity contribution is 7.15. The van der Waals surface area contributed by atoms with Crippen molar-refractivity contribution in [2.75, 3.05) is 50.0 Å². The number of nitrogens with one attached hydrogen (secondary N) is 2. The molecule has 2 unspecified atom stereocenters. The average molecular weight is 953 g/mol. The van der Waals surface area contributed by atoms with Gasteiger partial charge in [-0.1, -0.05) is 114 Å². The Morgan fingerprint density at radius 1 is 0.582 bits per heavy atom. The molecule has 3 N–H and O–H groups in total. The van der Waals surface area contributed by atoms with E-state index >= 15 is 0 Å². The second-order valence-corrected chi connectivity index (χ2v) is 18.3. The van der Waals surface area contributed by atoms with Crippen LogP contribution in [0.25, 0.3) is 0 Å². The van der Waals surface area contributed by atoms with Crippen molar-refractivity contribution in [2.24, 2.45) is 11.8 Å². The Labute approximate surface area is 395 Å². The Kier molecular flexibility index (Phi) is 17.3. The van der Waals surface area contributed by atoms with Gasteiger partial charge in [-0.2, -0.15) is 0 Å². The van der Waals surface area contributed by atoms with Crippen molar-refractivity contribution >= 4 is 68.9 Å². The molecule has 67 heavy (non-hydrogen) atoms. The Hall–Kier alpha value is -6.80. The fourth-order valence-corrected chi connectivity index (χ4v) is 9.32. The number of hydrogen-bond donors (Lipinski definition) is 3. The molecule has 4 amide bonds. The molecule has 352 valence electrons. The molecule has 2 atom stereocenters. The van der Waals surface area contributed by atoms with Gasteiger partial charge in [0.1, 0.15) is 29.8 Å². The van der Waals surface area contributed by atoms with Crippen LogP contribution in [0.15, 0.2) is 91.0 Å². The zero-order chi connectivity index (χ0) is 47.0. The maximum absolute atomic E-state index is 13.6. The Morgan fingerprint density at radius 3 is 1.43 bits per heavy atom. The van der Waals surface area contributed by atoms with E-state index in [1.54, 1.807) is 41.3 Å². The first kappa shape index (κ1) is 48.1. The SMILES string of the molecule is O=C(OCC(C(=O)Nc1nnc(CCCCc2nnc(NC(=O)C(COC(=O)C3CCN(C(=O)OCc4ccccc4)CC3)c3ccccc3)s2)s1)c1ccccc1)C1CCN(C(=O)O)CC1. The lowest BCUT2D eigenvalue weighted by molar-refractivity contribution is -0.152. The van der Waals surface area contributed by atoms with Crippen LogP contribution in [0.3, 0.4) is 0 Å². The van der Waals surface area contributed by atoms with E-state index in [1.807, 2.05) is 54.6 Å². The number of carbonyl (C=O) groups excluding carboxylic acids is 5. The van der Waals surface area contributed by atoms with Crippen LogP contribution in [0.5, 0.6) is 0 Å². The number of esters is 2. The van der Waals surface area contributed by atoms with Gasteiger partial charge in [0.2, 0.25) is 22.1 Å². The molecule has 0 saturated carbocycles. The third kappa shape index (κ3) is 14.1. The molecule has 0 aliphatic carbocycles. The number of amides is 4. The number of anilines is 2. The first-order valence-electron chi connectivity index (χ1n) is 22.2. The Balaban J connectivity index is 0.833. The fourth-order valence-electron chi connectivity index (χ4n) is 7.75. The number of hydrogen-bond acceptors (Lipinski definition) is 15. The molecule has 2 aromatic heterocycles. The largest absolute Gasteiger partial charge is 0.465 e. The van der Waals surface area contributed by atoms with Gasteiger partial charge in [0.05, 0.1) is 23.7 Å². The standard InChI is InChI=1S/C47H52N8O10S2/c56-40(36(32-14-6-2-7-15-32)29-63-42(58)34-20-24-54(25-21-34)46(60)61)48-44-52-50-38(66-44)18-10-11-19-39-51-53-45(67-39)49-41(57)37(33-16-8-3-9-17-33)30-64-43(59)35-22-26-55(27-23-35)47(62)65-28-31-12-4-1-5-13-31/h1-9,12-17,34-37H,10-11,18-30H2,(H,60,61)(H,48,52,56)(H,49,53,57).